The zero-order chi connectivity index (χ0) is 36.2. The fourth-order valence-corrected chi connectivity index (χ4v) is 9.78. The third kappa shape index (κ3) is 3.55. The van der Waals surface area contributed by atoms with E-state index in [2.05, 4.69) is 146 Å². The normalized spacial score (nSPS) is 12.6. The monoisotopic (exact) mass is 714 g/mol. The zero-order valence-corrected chi connectivity index (χ0v) is 29.6. The van der Waals surface area contributed by atoms with E-state index in [0.29, 0.717) is 0 Å². The second kappa shape index (κ2) is 10.1. The van der Waals surface area contributed by atoms with Gasteiger partial charge in [-0.05, 0) is 81.2 Å². The van der Waals surface area contributed by atoms with Gasteiger partial charge in [0.2, 0.25) is 0 Å². The van der Waals surface area contributed by atoms with Crippen molar-refractivity contribution in [2.45, 2.75) is 0 Å². The van der Waals surface area contributed by atoms with E-state index in [0.717, 1.165) is 143 Å². The largest absolute Gasteiger partial charge is 0.455 e. The summed E-state index contributed by atoms with van der Waals surface area (Å²) in [5, 5.41) is 8.67. The van der Waals surface area contributed by atoms with Gasteiger partial charge in [0.25, 0.3) is 0 Å². The maximum Gasteiger partial charge on any atom is 0.144 e. The van der Waals surface area contributed by atoms with E-state index in [-0.39, 0.29) is 0 Å². The molecule has 0 unspecified atom stereocenters. The molecule has 0 spiro atoms. The van der Waals surface area contributed by atoms with E-state index in [1.165, 1.54) is 0 Å². The van der Waals surface area contributed by atoms with Crippen molar-refractivity contribution in [3.63, 3.8) is 0 Å². The molecule has 0 amide bonds. The molecule has 0 radical (unpaired) electrons. The Hall–Kier alpha value is -7.56. The standard InChI is InChI=1S/C52H26O4/c1-3-7-27(8-4-1)33-19-11-29-15-25-39-45-41(29)49(33)53-37-23-17-31-13-21-35(51(55-39)43(31)47(37)45)36-22-14-32-18-24-38-48-44(32)52(36)56-40-26-16-30-12-20-34(28-9-5-2-6-10-28)50(54-38)42(30)46(40)48/h1-26H. The molecule has 4 aliphatic rings. The van der Waals surface area contributed by atoms with Crippen molar-refractivity contribution in [2.75, 3.05) is 0 Å². The van der Waals surface area contributed by atoms with Gasteiger partial charge in [-0.3, -0.25) is 0 Å². The van der Waals surface area contributed by atoms with E-state index in [1.54, 1.807) is 0 Å². The Morgan fingerprint density at radius 1 is 0.232 bits per heavy atom. The second-order valence-corrected chi connectivity index (χ2v) is 15.1. The Balaban J connectivity index is 1.09. The van der Waals surface area contributed by atoms with Crippen LogP contribution in [0.3, 0.4) is 0 Å². The molecule has 0 saturated carbocycles. The summed E-state index contributed by atoms with van der Waals surface area (Å²) < 4.78 is 28.1. The molecule has 4 nitrogen and oxygen atoms in total. The van der Waals surface area contributed by atoms with Crippen molar-refractivity contribution in [2.24, 2.45) is 0 Å². The van der Waals surface area contributed by atoms with Gasteiger partial charge in [-0.2, -0.15) is 0 Å². The molecule has 258 valence electrons. The first-order valence-electron chi connectivity index (χ1n) is 19.0. The van der Waals surface area contributed by atoms with Crippen LogP contribution in [0.15, 0.2) is 175 Å². The maximum absolute atomic E-state index is 7.11. The van der Waals surface area contributed by atoms with Crippen LogP contribution in [-0.2, 0) is 0 Å². The lowest BCUT2D eigenvalue weighted by molar-refractivity contribution is 0.645. The molecule has 4 aliphatic heterocycles. The second-order valence-electron chi connectivity index (χ2n) is 15.1. The van der Waals surface area contributed by atoms with E-state index >= 15 is 0 Å². The van der Waals surface area contributed by atoms with Crippen LogP contribution in [0, 0.1) is 0 Å². The Labute approximate surface area is 317 Å². The molecule has 0 bridgehead atoms. The first-order valence-corrected chi connectivity index (χ1v) is 19.0. The summed E-state index contributed by atoms with van der Waals surface area (Å²) in [6.45, 7) is 0. The van der Waals surface area contributed by atoms with Gasteiger partial charge in [-0.15, -0.1) is 0 Å². The number of hydrogen-bond acceptors (Lipinski definition) is 4. The van der Waals surface area contributed by atoms with Crippen molar-refractivity contribution in [3.05, 3.63) is 158 Å². The fraction of sp³-hybridized carbons (Fsp3) is 0. The summed E-state index contributed by atoms with van der Waals surface area (Å²) >= 11 is 0. The van der Waals surface area contributed by atoms with Gasteiger partial charge in [-0.25, -0.2) is 0 Å². The minimum Gasteiger partial charge on any atom is -0.455 e. The third-order valence-corrected chi connectivity index (χ3v) is 12.2. The van der Waals surface area contributed by atoms with Gasteiger partial charge in [-0.1, -0.05) is 109 Å². The van der Waals surface area contributed by atoms with Gasteiger partial charge < -0.3 is 17.7 Å². The van der Waals surface area contributed by atoms with Gasteiger partial charge >= 0.3 is 0 Å². The first kappa shape index (κ1) is 28.9. The number of benzene rings is 10. The molecule has 0 atom stereocenters. The molecule has 10 aromatic rings. The SMILES string of the molecule is c1ccc(-c2ccc3ccc4oc5c(-c6ccc7ccc8oc9c(-c%10ccccc%10)ccc%10ccc%11oc6c7c8-c%11c%109)ccc6ccc7oc2c3c4-c7c65)cc1. The van der Waals surface area contributed by atoms with E-state index in [9.17, 15) is 0 Å². The van der Waals surface area contributed by atoms with Gasteiger partial charge in [0.05, 0.1) is 0 Å². The summed E-state index contributed by atoms with van der Waals surface area (Å²) in [6, 6.07) is 55.3. The molecule has 0 aromatic heterocycles. The lowest BCUT2D eigenvalue weighted by Gasteiger charge is -2.23. The lowest BCUT2D eigenvalue weighted by Crippen LogP contribution is -1.98. The third-order valence-electron chi connectivity index (χ3n) is 12.2. The number of rotatable bonds is 3. The van der Waals surface area contributed by atoms with E-state index in [4.69, 9.17) is 17.7 Å². The predicted octanol–water partition coefficient (Wildman–Crippen LogP) is 15.4. The predicted molar refractivity (Wildman–Crippen MR) is 227 cm³/mol. The van der Waals surface area contributed by atoms with Crippen molar-refractivity contribution in [3.8, 4) is 55.6 Å². The van der Waals surface area contributed by atoms with Crippen LogP contribution in [0.4, 0.5) is 0 Å². The maximum atomic E-state index is 7.11. The summed E-state index contributed by atoms with van der Waals surface area (Å²) in [5.74, 6) is 0. The highest BCUT2D eigenvalue weighted by Crippen LogP contribution is 2.54. The Bertz CT molecular complexity index is 3550. The summed E-state index contributed by atoms with van der Waals surface area (Å²) in [5.41, 5.74) is 17.2. The summed E-state index contributed by atoms with van der Waals surface area (Å²) in [6.07, 6.45) is 0. The molecule has 0 aliphatic carbocycles. The molecular formula is C52H26O4. The van der Waals surface area contributed by atoms with Crippen LogP contribution in [0.2, 0.25) is 0 Å². The first-order chi connectivity index (χ1) is 27.8. The molecular weight excluding hydrogens is 689 g/mol. The average Bonchev–Trinajstić information content (AvgIpc) is 3.26. The van der Waals surface area contributed by atoms with Crippen LogP contribution in [0.5, 0.6) is 0 Å². The Kier molecular flexibility index (Phi) is 5.23. The van der Waals surface area contributed by atoms with Crippen LogP contribution in [-0.4, -0.2) is 0 Å². The van der Waals surface area contributed by atoms with Gasteiger partial charge in [0.1, 0.15) is 44.7 Å². The minimum atomic E-state index is 0.803. The molecule has 4 heteroatoms. The van der Waals surface area contributed by atoms with Gasteiger partial charge in [0, 0.05) is 66.1 Å². The minimum absolute atomic E-state index is 0.803. The van der Waals surface area contributed by atoms with E-state index < -0.39 is 0 Å². The molecule has 10 aromatic carbocycles. The number of hydrogen-bond donors (Lipinski definition) is 0. The topological polar surface area (TPSA) is 52.6 Å². The molecule has 0 saturated heterocycles. The van der Waals surface area contributed by atoms with Crippen molar-refractivity contribution in [1.82, 2.24) is 0 Å². The van der Waals surface area contributed by atoms with Crippen LogP contribution in [0.25, 0.3) is 143 Å². The summed E-state index contributed by atoms with van der Waals surface area (Å²) in [4.78, 5) is 0. The molecule has 56 heavy (non-hydrogen) atoms. The lowest BCUT2D eigenvalue weighted by atomic mass is 9.85. The highest BCUT2D eigenvalue weighted by molar-refractivity contribution is 6.29. The molecule has 4 heterocycles. The quantitative estimate of drug-likeness (QED) is 0.135. The van der Waals surface area contributed by atoms with Crippen molar-refractivity contribution >= 4 is 87.8 Å². The fourth-order valence-electron chi connectivity index (χ4n) is 9.78. The Morgan fingerprint density at radius 3 is 0.821 bits per heavy atom. The highest BCUT2D eigenvalue weighted by Gasteiger charge is 2.30. The average molecular weight is 715 g/mol. The smallest absolute Gasteiger partial charge is 0.144 e. The van der Waals surface area contributed by atoms with Crippen LogP contribution >= 0.6 is 0 Å². The molecule has 0 fully saturated rings. The summed E-state index contributed by atoms with van der Waals surface area (Å²) in [7, 11) is 0. The van der Waals surface area contributed by atoms with Crippen LogP contribution < -0.4 is 0 Å². The van der Waals surface area contributed by atoms with Crippen LogP contribution in [0.1, 0.15) is 0 Å². The molecule has 0 N–H and O–H groups in total. The van der Waals surface area contributed by atoms with Crippen molar-refractivity contribution < 1.29 is 17.7 Å². The van der Waals surface area contributed by atoms with Gasteiger partial charge in [0.15, 0.2) is 0 Å². The molecule has 14 rings (SSSR count). The highest BCUT2D eigenvalue weighted by atomic mass is 16.3. The van der Waals surface area contributed by atoms with E-state index in [1.807, 2.05) is 12.1 Å². The Morgan fingerprint density at radius 2 is 0.500 bits per heavy atom. The van der Waals surface area contributed by atoms with Crippen molar-refractivity contribution in [1.29, 1.82) is 0 Å². The zero-order valence-electron chi connectivity index (χ0n) is 29.6.